The van der Waals surface area contributed by atoms with E-state index in [4.69, 9.17) is 4.98 Å². The van der Waals surface area contributed by atoms with Gasteiger partial charge in [-0.05, 0) is 48.0 Å². The van der Waals surface area contributed by atoms with E-state index < -0.39 is 0 Å². The maximum atomic E-state index is 9.49. The number of H-pyrrole nitrogens is 1. The molecule has 0 aliphatic rings. The fourth-order valence-electron chi connectivity index (χ4n) is 3.06. The molecule has 0 aliphatic heterocycles. The van der Waals surface area contributed by atoms with E-state index in [1.165, 1.54) is 0 Å². The zero-order valence-electron chi connectivity index (χ0n) is 13.7. The van der Waals surface area contributed by atoms with Gasteiger partial charge >= 0.3 is 0 Å². The number of phenolic OH excluding ortho intramolecular Hbond substituents is 1. The maximum absolute atomic E-state index is 9.49. The topological polar surface area (TPSA) is 78.2 Å². The van der Waals surface area contributed by atoms with Crippen LogP contribution in [0.25, 0.3) is 27.7 Å². The van der Waals surface area contributed by atoms with Gasteiger partial charge < -0.3 is 15.4 Å². The van der Waals surface area contributed by atoms with Crippen molar-refractivity contribution in [2.75, 3.05) is 5.32 Å². The molecular formula is C20H15N5O. The Kier molecular flexibility index (Phi) is 3.15. The van der Waals surface area contributed by atoms with Gasteiger partial charge in [-0.15, -0.1) is 0 Å². The van der Waals surface area contributed by atoms with Crippen molar-refractivity contribution in [3.63, 3.8) is 0 Å². The highest BCUT2D eigenvalue weighted by Crippen LogP contribution is 2.27. The van der Waals surface area contributed by atoms with Crippen LogP contribution in [-0.4, -0.2) is 24.7 Å². The van der Waals surface area contributed by atoms with Crippen LogP contribution in [0.5, 0.6) is 5.75 Å². The average molecular weight is 341 g/mol. The van der Waals surface area contributed by atoms with Crippen LogP contribution < -0.4 is 5.32 Å². The number of anilines is 2. The number of aromatic hydroxyl groups is 1. The summed E-state index contributed by atoms with van der Waals surface area (Å²) in [4.78, 5) is 7.90. The van der Waals surface area contributed by atoms with Gasteiger partial charge in [0.1, 0.15) is 11.6 Å². The van der Waals surface area contributed by atoms with Gasteiger partial charge in [-0.3, -0.25) is 0 Å². The van der Waals surface area contributed by atoms with Crippen LogP contribution in [0.15, 0.2) is 73.2 Å². The van der Waals surface area contributed by atoms with Crippen LogP contribution in [-0.2, 0) is 0 Å². The highest BCUT2D eigenvalue weighted by atomic mass is 16.3. The molecule has 0 saturated carbocycles. The number of hydrogen-bond donors (Lipinski definition) is 3. The first-order valence-corrected chi connectivity index (χ1v) is 8.24. The first-order valence-electron chi connectivity index (χ1n) is 8.24. The summed E-state index contributed by atoms with van der Waals surface area (Å²) in [6, 6.07) is 17.1. The Morgan fingerprint density at radius 1 is 1.00 bits per heavy atom. The molecule has 126 valence electrons. The first kappa shape index (κ1) is 14.5. The summed E-state index contributed by atoms with van der Waals surface area (Å²) >= 11 is 0. The minimum Gasteiger partial charge on any atom is -0.508 e. The van der Waals surface area contributed by atoms with Crippen molar-refractivity contribution in [2.24, 2.45) is 0 Å². The number of fused-ring (bicyclic) bond motifs is 2. The number of rotatable bonds is 3. The molecule has 5 aromatic rings. The van der Waals surface area contributed by atoms with Gasteiger partial charge in [-0.1, -0.05) is 12.1 Å². The Balaban J connectivity index is 1.54. The van der Waals surface area contributed by atoms with Gasteiger partial charge in [0, 0.05) is 34.5 Å². The molecule has 6 nitrogen and oxygen atoms in total. The summed E-state index contributed by atoms with van der Waals surface area (Å²) < 4.78 is 1.74. The Hall–Kier alpha value is -3.80. The van der Waals surface area contributed by atoms with Crippen LogP contribution in [0.2, 0.25) is 0 Å². The van der Waals surface area contributed by atoms with Gasteiger partial charge in [0.05, 0.1) is 6.20 Å². The molecule has 3 N–H and O–H groups in total. The van der Waals surface area contributed by atoms with Gasteiger partial charge in [-0.25, -0.2) is 9.50 Å². The molecule has 0 saturated heterocycles. The number of aromatic amines is 1. The molecule has 6 heteroatoms. The van der Waals surface area contributed by atoms with Gasteiger partial charge in [0.15, 0.2) is 5.65 Å². The predicted molar refractivity (Wildman–Crippen MR) is 102 cm³/mol. The second-order valence-corrected chi connectivity index (χ2v) is 6.09. The molecular weight excluding hydrogens is 326 g/mol. The average Bonchev–Trinajstić information content (AvgIpc) is 3.28. The van der Waals surface area contributed by atoms with E-state index in [9.17, 15) is 5.11 Å². The quantitative estimate of drug-likeness (QED) is 0.456. The second kappa shape index (κ2) is 5.63. The lowest BCUT2D eigenvalue weighted by molar-refractivity contribution is 0.475. The monoisotopic (exact) mass is 341 g/mol. The molecule has 26 heavy (non-hydrogen) atoms. The fraction of sp³-hybridized carbons (Fsp3) is 0. The fourth-order valence-corrected chi connectivity index (χ4v) is 3.06. The molecule has 0 bridgehead atoms. The molecule has 0 radical (unpaired) electrons. The Morgan fingerprint density at radius 3 is 2.77 bits per heavy atom. The third kappa shape index (κ3) is 2.44. The standard InChI is InChI=1S/C20H15N5O/c26-16-4-1-13(2-5-16)17-12-22-25-10-8-19(24-20(17)25)23-15-3-6-18-14(11-15)7-9-21-18/h1-12,21,26H,(H,23,24). The van der Waals surface area contributed by atoms with Crippen molar-refractivity contribution in [3.05, 3.63) is 73.2 Å². The number of aromatic nitrogens is 4. The predicted octanol–water partition coefficient (Wildman–Crippen LogP) is 4.33. The molecule has 3 heterocycles. The summed E-state index contributed by atoms with van der Waals surface area (Å²) in [6.07, 6.45) is 5.59. The van der Waals surface area contributed by atoms with Crippen LogP contribution in [0.3, 0.4) is 0 Å². The highest BCUT2D eigenvalue weighted by molar-refractivity contribution is 5.84. The molecule has 5 rings (SSSR count). The van der Waals surface area contributed by atoms with Gasteiger partial charge in [-0.2, -0.15) is 5.10 Å². The Bertz CT molecular complexity index is 1220. The molecule has 0 aliphatic carbocycles. The normalized spacial score (nSPS) is 11.2. The molecule has 3 aromatic heterocycles. The van der Waals surface area contributed by atoms with Crippen LogP contribution in [0.4, 0.5) is 11.5 Å². The van der Waals surface area contributed by atoms with Crippen molar-refractivity contribution in [2.45, 2.75) is 0 Å². The largest absolute Gasteiger partial charge is 0.508 e. The third-order valence-corrected chi connectivity index (χ3v) is 4.37. The van der Waals surface area contributed by atoms with E-state index in [1.54, 1.807) is 22.8 Å². The van der Waals surface area contributed by atoms with Crippen molar-refractivity contribution in [3.8, 4) is 16.9 Å². The van der Waals surface area contributed by atoms with Crippen LogP contribution >= 0.6 is 0 Å². The first-order chi connectivity index (χ1) is 12.8. The molecule has 2 aromatic carbocycles. The van der Waals surface area contributed by atoms with E-state index in [2.05, 4.69) is 21.5 Å². The lowest BCUT2D eigenvalue weighted by atomic mass is 10.1. The van der Waals surface area contributed by atoms with E-state index in [0.29, 0.717) is 0 Å². The van der Waals surface area contributed by atoms with Gasteiger partial charge in [0.2, 0.25) is 0 Å². The zero-order chi connectivity index (χ0) is 17.5. The van der Waals surface area contributed by atoms with E-state index in [0.717, 1.165) is 39.2 Å². The van der Waals surface area contributed by atoms with Gasteiger partial charge in [0.25, 0.3) is 0 Å². The molecule has 0 spiro atoms. The van der Waals surface area contributed by atoms with E-state index in [-0.39, 0.29) is 5.75 Å². The molecule has 0 amide bonds. The second-order valence-electron chi connectivity index (χ2n) is 6.09. The lowest BCUT2D eigenvalue weighted by Gasteiger charge is -2.07. The molecule has 0 atom stereocenters. The van der Waals surface area contributed by atoms with E-state index in [1.807, 2.05) is 48.8 Å². The number of phenols is 1. The van der Waals surface area contributed by atoms with E-state index >= 15 is 0 Å². The smallest absolute Gasteiger partial charge is 0.165 e. The van der Waals surface area contributed by atoms with Crippen LogP contribution in [0, 0.1) is 0 Å². The zero-order valence-corrected chi connectivity index (χ0v) is 13.7. The number of hydrogen-bond acceptors (Lipinski definition) is 4. The SMILES string of the molecule is Oc1ccc(-c2cnn3ccc(Nc4ccc5[nH]ccc5c4)nc23)cc1. The summed E-state index contributed by atoms with van der Waals surface area (Å²) in [7, 11) is 0. The minimum atomic E-state index is 0.237. The third-order valence-electron chi connectivity index (χ3n) is 4.37. The molecule has 0 unspecified atom stereocenters. The summed E-state index contributed by atoms with van der Waals surface area (Å²) in [5, 5.41) is 18.3. The van der Waals surface area contributed by atoms with Crippen molar-refractivity contribution < 1.29 is 5.11 Å². The lowest BCUT2D eigenvalue weighted by Crippen LogP contribution is -1.97. The van der Waals surface area contributed by atoms with Crippen molar-refractivity contribution in [1.29, 1.82) is 0 Å². The minimum absolute atomic E-state index is 0.237. The highest BCUT2D eigenvalue weighted by Gasteiger charge is 2.09. The van der Waals surface area contributed by atoms with Crippen molar-refractivity contribution in [1.82, 2.24) is 19.6 Å². The Labute approximate surface area is 148 Å². The number of nitrogens with one attached hydrogen (secondary N) is 2. The number of benzene rings is 2. The summed E-state index contributed by atoms with van der Waals surface area (Å²) in [5.41, 5.74) is 4.69. The summed E-state index contributed by atoms with van der Waals surface area (Å²) in [6.45, 7) is 0. The van der Waals surface area contributed by atoms with Crippen LogP contribution in [0.1, 0.15) is 0 Å². The Morgan fingerprint density at radius 2 is 1.88 bits per heavy atom. The van der Waals surface area contributed by atoms with Crippen molar-refractivity contribution >= 4 is 28.1 Å². The molecule has 0 fully saturated rings. The number of nitrogens with zero attached hydrogens (tertiary/aromatic N) is 3. The summed E-state index contributed by atoms with van der Waals surface area (Å²) in [5.74, 6) is 0.980. The maximum Gasteiger partial charge on any atom is 0.165 e.